The maximum absolute atomic E-state index is 12.7. The Morgan fingerprint density at radius 3 is 2.38 bits per heavy atom. The molecule has 8 heteroatoms. The molecule has 29 heavy (non-hydrogen) atoms. The minimum absolute atomic E-state index is 0.162. The Balaban J connectivity index is 1.76. The predicted molar refractivity (Wildman–Crippen MR) is 111 cm³/mol. The molecule has 0 aliphatic rings. The number of ether oxygens (including phenoxy) is 1. The highest BCUT2D eigenvalue weighted by Gasteiger charge is 2.17. The first-order valence-corrected chi connectivity index (χ1v) is 9.22. The second kappa shape index (κ2) is 7.90. The summed E-state index contributed by atoms with van der Waals surface area (Å²) in [4.78, 5) is 42.8. The van der Waals surface area contributed by atoms with Crippen LogP contribution < -0.4 is 16.0 Å². The summed E-state index contributed by atoms with van der Waals surface area (Å²) in [7, 11) is 4.58. The van der Waals surface area contributed by atoms with E-state index in [1.54, 1.807) is 7.05 Å². The second-order valence-electron chi connectivity index (χ2n) is 7.17. The fourth-order valence-corrected chi connectivity index (χ4v) is 3.19. The molecular formula is C21H24N4O4. The van der Waals surface area contributed by atoms with Crippen LogP contribution in [0.1, 0.15) is 21.6 Å². The van der Waals surface area contributed by atoms with Gasteiger partial charge in [-0.15, -0.1) is 0 Å². The van der Waals surface area contributed by atoms with E-state index >= 15 is 0 Å². The van der Waals surface area contributed by atoms with E-state index < -0.39 is 11.2 Å². The Morgan fingerprint density at radius 2 is 1.72 bits per heavy atom. The third-order valence-electron chi connectivity index (χ3n) is 4.76. The normalized spacial score (nSPS) is 10.9. The molecule has 0 saturated carbocycles. The van der Waals surface area contributed by atoms with Crippen molar-refractivity contribution in [2.24, 2.45) is 14.1 Å². The molecule has 0 bridgehead atoms. The molecule has 3 aromatic rings. The number of aryl methyl sites for hydroxylation is 3. The number of carbonyl (C=O) groups excluding carboxylic acids is 1. The molecule has 0 spiro atoms. The van der Waals surface area contributed by atoms with Gasteiger partial charge in [-0.2, -0.15) is 0 Å². The summed E-state index contributed by atoms with van der Waals surface area (Å²) < 4.78 is 8.03. The summed E-state index contributed by atoms with van der Waals surface area (Å²) in [5.74, 6) is 0.446. The Bertz CT molecular complexity index is 1190. The van der Waals surface area contributed by atoms with Gasteiger partial charge in [0.2, 0.25) is 0 Å². The van der Waals surface area contributed by atoms with Crippen LogP contribution in [-0.2, 0) is 14.1 Å². The lowest BCUT2D eigenvalue weighted by Crippen LogP contribution is -2.38. The fourth-order valence-electron chi connectivity index (χ4n) is 3.19. The quantitative estimate of drug-likeness (QED) is 0.651. The minimum Gasteiger partial charge on any atom is -0.492 e. The zero-order chi connectivity index (χ0) is 21.3. The van der Waals surface area contributed by atoms with E-state index in [0.29, 0.717) is 13.2 Å². The van der Waals surface area contributed by atoms with Crippen LogP contribution in [0, 0.1) is 13.8 Å². The molecule has 0 saturated heterocycles. The molecule has 0 aliphatic carbocycles. The summed E-state index contributed by atoms with van der Waals surface area (Å²) in [5, 5.41) is 0.284. The molecular weight excluding hydrogens is 372 g/mol. The van der Waals surface area contributed by atoms with E-state index in [-0.39, 0.29) is 22.6 Å². The molecule has 0 atom stereocenters. The van der Waals surface area contributed by atoms with Gasteiger partial charge in [0.05, 0.1) is 11.9 Å². The molecule has 0 radical (unpaired) electrons. The van der Waals surface area contributed by atoms with Crippen molar-refractivity contribution >= 4 is 16.9 Å². The van der Waals surface area contributed by atoms with Crippen LogP contribution >= 0.6 is 0 Å². The van der Waals surface area contributed by atoms with Gasteiger partial charge >= 0.3 is 5.69 Å². The third-order valence-corrected chi connectivity index (χ3v) is 4.76. The van der Waals surface area contributed by atoms with Gasteiger partial charge in [-0.3, -0.25) is 18.7 Å². The van der Waals surface area contributed by atoms with E-state index in [0.717, 1.165) is 21.4 Å². The van der Waals surface area contributed by atoms with Crippen LogP contribution in [0.25, 0.3) is 11.0 Å². The lowest BCUT2D eigenvalue weighted by atomic mass is 10.1. The maximum Gasteiger partial charge on any atom is 0.332 e. The van der Waals surface area contributed by atoms with Crippen LogP contribution in [0.3, 0.4) is 0 Å². The summed E-state index contributed by atoms with van der Waals surface area (Å²) >= 11 is 0. The van der Waals surface area contributed by atoms with Gasteiger partial charge in [0.25, 0.3) is 11.5 Å². The predicted octanol–water partition coefficient (Wildman–Crippen LogP) is 1.40. The number of hydrogen-bond donors (Lipinski definition) is 0. The number of amides is 1. The largest absolute Gasteiger partial charge is 0.492 e. The van der Waals surface area contributed by atoms with Crippen LogP contribution in [0.5, 0.6) is 5.75 Å². The van der Waals surface area contributed by atoms with Gasteiger partial charge in [-0.1, -0.05) is 6.07 Å². The van der Waals surface area contributed by atoms with Gasteiger partial charge in [0.1, 0.15) is 23.7 Å². The Hall–Kier alpha value is -3.42. The highest BCUT2D eigenvalue weighted by atomic mass is 16.5. The topological polar surface area (TPSA) is 86.4 Å². The van der Waals surface area contributed by atoms with Gasteiger partial charge in [0.15, 0.2) is 0 Å². The van der Waals surface area contributed by atoms with E-state index in [4.69, 9.17) is 4.74 Å². The van der Waals surface area contributed by atoms with Crippen LogP contribution in [-0.4, -0.2) is 45.1 Å². The van der Waals surface area contributed by atoms with E-state index in [9.17, 15) is 14.4 Å². The minimum atomic E-state index is -0.491. The van der Waals surface area contributed by atoms with Crippen molar-refractivity contribution < 1.29 is 9.53 Å². The average Bonchev–Trinajstić information content (AvgIpc) is 2.68. The SMILES string of the molecule is Cc1cc(C)cc(OCCN(C)C(=O)c2ccc3c(=O)n(C)c(=O)n(C)c3n2)c1. The zero-order valence-electron chi connectivity index (χ0n) is 17.2. The van der Waals surface area contributed by atoms with Crippen LogP contribution in [0.2, 0.25) is 0 Å². The van der Waals surface area contributed by atoms with Crippen molar-refractivity contribution in [3.05, 3.63) is 68.0 Å². The lowest BCUT2D eigenvalue weighted by molar-refractivity contribution is 0.0768. The summed E-state index contributed by atoms with van der Waals surface area (Å²) in [6.45, 7) is 4.70. The second-order valence-corrected chi connectivity index (χ2v) is 7.17. The van der Waals surface area contributed by atoms with Gasteiger partial charge in [0, 0.05) is 21.1 Å². The number of pyridine rings is 1. The molecule has 3 rings (SSSR count). The van der Waals surface area contributed by atoms with E-state index in [2.05, 4.69) is 11.1 Å². The van der Waals surface area contributed by atoms with Crippen LogP contribution in [0.4, 0.5) is 0 Å². The van der Waals surface area contributed by atoms with Crippen molar-refractivity contribution in [3.8, 4) is 5.75 Å². The maximum atomic E-state index is 12.7. The number of fused-ring (bicyclic) bond motifs is 1. The molecule has 1 amide bonds. The number of rotatable bonds is 5. The molecule has 152 valence electrons. The summed E-state index contributed by atoms with van der Waals surface area (Å²) in [6, 6.07) is 8.98. The number of carbonyl (C=O) groups is 1. The fraction of sp³-hybridized carbons (Fsp3) is 0.333. The Kier molecular flexibility index (Phi) is 5.54. The first-order chi connectivity index (χ1) is 13.7. The first kappa shape index (κ1) is 20.3. The summed E-state index contributed by atoms with van der Waals surface area (Å²) in [6.07, 6.45) is 0. The molecule has 8 nitrogen and oxygen atoms in total. The Morgan fingerprint density at radius 1 is 1.07 bits per heavy atom. The number of hydrogen-bond acceptors (Lipinski definition) is 5. The Labute approximate surface area is 168 Å². The zero-order valence-corrected chi connectivity index (χ0v) is 17.2. The molecule has 1 aromatic carbocycles. The first-order valence-electron chi connectivity index (χ1n) is 9.22. The number of likely N-dealkylation sites (N-methyl/N-ethyl adjacent to an activating group) is 1. The molecule has 0 N–H and O–H groups in total. The smallest absolute Gasteiger partial charge is 0.332 e. The van der Waals surface area contributed by atoms with Crippen LogP contribution in [0.15, 0.2) is 39.9 Å². The molecule has 0 aliphatic heterocycles. The number of benzene rings is 1. The summed E-state index contributed by atoms with van der Waals surface area (Å²) in [5.41, 5.74) is 1.64. The van der Waals surface area contributed by atoms with Crippen molar-refractivity contribution in [1.82, 2.24) is 19.0 Å². The average molecular weight is 396 g/mol. The highest BCUT2D eigenvalue weighted by Crippen LogP contribution is 2.16. The highest BCUT2D eigenvalue weighted by molar-refractivity contribution is 5.94. The number of nitrogens with zero attached hydrogens (tertiary/aromatic N) is 4. The molecule has 0 unspecified atom stereocenters. The van der Waals surface area contributed by atoms with Crippen molar-refractivity contribution in [3.63, 3.8) is 0 Å². The van der Waals surface area contributed by atoms with E-state index in [1.807, 2.05) is 26.0 Å². The molecule has 2 heterocycles. The van der Waals surface area contributed by atoms with Crippen molar-refractivity contribution in [2.75, 3.05) is 20.2 Å². The van der Waals surface area contributed by atoms with Gasteiger partial charge < -0.3 is 9.64 Å². The third kappa shape index (κ3) is 4.06. The standard InChI is InChI=1S/C21H24N4O4/c1-13-10-14(2)12-15(11-13)29-9-8-23(3)20(27)17-7-6-16-18(22-17)24(4)21(28)25(5)19(16)26/h6-7,10-12H,8-9H2,1-5H3. The molecule has 2 aromatic heterocycles. The van der Waals surface area contributed by atoms with Gasteiger partial charge in [-0.25, -0.2) is 9.78 Å². The van der Waals surface area contributed by atoms with Crippen molar-refractivity contribution in [1.29, 1.82) is 0 Å². The lowest BCUT2D eigenvalue weighted by Gasteiger charge is -2.18. The van der Waals surface area contributed by atoms with Gasteiger partial charge in [-0.05, 0) is 49.2 Å². The van der Waals surface area contributed by atoms with Crippen molar-refractivity contribution in [2.45, 2.75) is 13.8 Å². The monoisotopic (exact) mass is 396 g/mol. The number of aromatic nitrogens is 3. The molecule has 0 fully saturated rings. The van der Waals surface area contributed by atoms with E-state index in [1.165, 1.54) is 35.7 Å².